The first-order valence-electron chi connectivity index (χ1n) is 7.49. The molecule has 2 aromatic carbocycles. The number of thioether (sulfide) groups is 1. The van der Waals surface area contributed by atoms with E-state index in [0.29, 0.717) is 18.8 Å². The van der Waals surface area contributed by atoms with Gasteiger partial charge in [-0.3, -0.25) is 4.79 Å². The van der Waals surface area contributed by atoms with Crippen molar-refractivity contribution in [1.82, 2.24) is 10.6 Å². The Morgan fingerprint density at radius 2 is 2.00 bits per heavy atom. The van der Waals surface area contributed by atoms with Crippen molar-refractivity contribution < 1.29 is 9.90 Å². The highest BCUT2D eigenvalue weighted by Gasteiger charge is 2.24. The summed E-state index contributed by atoms with van der Waals surface area (Å²) in [4.78, 5) is 13.0. The molecule has 3 rings (SSSR count). The zero-order valence-corrected chi connectivity index (χ0v) is 14.3. The standard InChI is InChI=1S/C17H20N2O2S.ClH/c20-16-10-18-8-14(16)9-19-17(21)11-22-15-6-5-12-3-1-2-4-13(12)7-15;/h1-7,14,16,18,20H,8-11H2,(H,19,21);1H. The molecule has 1 amide bonds. The number of fused-ring (bicyclic) bond motifs is 1. The third-order valence-corrected chi connectivity index (χ3v) is 4.95. The van der Waals surface area contributed by atoms with Gasteiger partial charge in [0.2, 0.25) is 5.91 Å². The highest BCUT2D eigenvalue weighted by Crippen LogP contribution is 2.23. The lowest BCUT2D eigenvalue weighted by Gasteiger charge is -2.14. The molecule has 0 radical (unpaired) electrons. The first-order chi connectivity index (χ1) is 10.7. The zero-order valence-electron chi connectivity index (χ0n) is 12.7. The number of carbonyl (C=O) groups excluding carboxylic acids is 1. The summed E-state index contributed by atoms with van der Waals surface area (Å²) in [5, 5.41) is 18.1. The molecular weight excluding hydrogens is 332 g/mol. The smallest absolute Gasteiger partial charge is 0.230 e. The van der Waals surface area contributed by atoms with Crippen LogP contribution in [0.4, 0.5) is 0 Å². The van der Waals surface area contributed by atoms with E-state index < -0.39 is 0 Å². The van der Waals surface area contributed by atoms with Gasteiger partial charge in [0.1, 0.15) is 0 Å². The van der Waals surface area contributed by atoms with Gasteiger partial charge in [-0.05, 0) is 22.9 Å². The van der Waals surface area contributed by atoms with Gasteiger partial charge in [-0.15, -0.1) is 24.2 Å². The van der Waals surface area contributed by atoms with Gasteiger partial charge in [0.05, 0.1) is 11.9 Å². The second-order valence-electron chi connectivity index (χ2n) is 5.59. The van der Waals surface area contributed by atoms with Crippen molar-refractivity contribution >= 4 is 40.8 Å². The number of benzene rings is 2. The molecule has 4 nitrogen and oxygen atoms in total. The van der Waals surface area contributed by atoms with E-state index in [1.165, 1.54) is 22.5 Å². The molecule has 0 aromatic heterocycles. The fourth-order valence-corrected chi connectivity index (χ4v) is 3.40. The number of rotatable bonds is 5. The Balaban J connectivity index is 0.00000192. The second-order valence-corrected chi connectivity index (χ2v) is 6.64. The summed E-state index contributed by atoms with van der Waals surface area (Å²) in [6.07, 6.45) is -0.353. The van der Waals surface area contributed by atoms with Crippen molar-refractivity contribution in [2.24, 2.45) is 5.92 Å². The number of nitrogens with one attached hydrogen (secondary N) is 2. The molecule has 1 aliphatic rings. The summed E-state index contributed by atoms with van der Waals surface area (Å²) in [5.74, 6) is 0.529. The minimum absolute atomic E-state index is 0. The van der Waals surface area contributed by atoms with Gasteiger partial charge < -0.3 is 15.7 Å². The monoisotopic (exact) mass is 352 g/mol. The van der Waals surface area contributed by atoms with Gasteiger partial charge in [-0.1, -0.05) is 30.3 Å². The van der Waals surface area contributed by atoms with Gasteiger partial charge in [-0.2, -0.15) is 0 Å². The number of carbonyl (C=O) groups is 1. The molecule has 3 N–H and O–H groups in total. The lowest BCUT2D eigenvalue weighted by Crippen LogP contribution is -2.35. The molecule has 2 atom stereocenters. The quantitative estimate of drug-likeness (QED) is 0.721. The van der Waals surface area contributed by atoms with Crippen LogP contribution in [0.3, 0.4) is 0 Å². The van der Waals surface area contributed by atoms with Crippen LogP contribution in [0.1, 0.15) is 0 Å². The van der Waals surface area contributed by atoms with E-state index in [1.54, 1.807) is 0 Å². The molecule has 2 aromatic rings. The predicted molar refractivity (Wildman–Crippen MR) is 97.3 cm³/mol. The zero-order chi connectivity index (χ0) is 15.4. The average Bonchev–Trinajstić information content (AvgIpc) is 2.96. The van der Waals surface area contributed by atoms with Crippen LogP contribution in [0.25, 0.3) is 10.8 Å². The topological polar surface area (TPSA) is 61.4 Å². The van der Waals surface area contributed by atoms with Crippen LogP contribution in [0.15, 0.2) is 47.4 Å². The maximum atomic E-state index is 11.9. The van der Waals surface area contributed by atoms with E-state index >= 15 is 0 Å². The van der Waals surface area contributed by atoms with Crippen LogP contribution in [-0.4, -0.2) is 42.5 Å². The molecule has 23 heavy (non-hydrogen) atoms. The Kier molecular flexibility index (Phi) is 6.72. The van der Waals surface area contributed by atoms with Crippen LogP contribution in [-0.2, 0) is 4.79 Å². The molecule has 1 heterocycles. The third kappa shape index (κ3) is 4.85. The first kappa shape index (κ1) is 18.1. The predicted octanol–water partition coefficient (Wildman–Crippen LogP) is 2.05. The number of β-amino-alcohol motifs (C(OH)–C–C–N with tert-alkyl or cyclic N) is 1. The third-order valence-electron chi connectivity index (χ3n) is 3.96. The summed E-state index contributed by atoms with van der Waals surface area (Å²) in [6.45, 7) is 1.91. The van der Waals surface area contributed by atoms with E-state index in [0.717, 1.165) is 11.4 Å². The van der Waals surface area contributed by atoms with Gasteiger partial charge in [-0.25, -0.2) is 0 Å². The van der Waals surface area contributed by atoms with Crippen LogP contribution < -0.4 is 10.6 Å². The van der Waals surface area contributed by atoms with Crippen molar-refractivity contribution in [3.8, 4) is 0 Å². The SMILES string of the molecule is Cl.O=C(CSc1ccc2ccccc2c1)NCC1CNCC1O. The summed E-state index contributed by atoms with van der Waals surface area (Å²) in [7, 11) is 0. The minimum atomic E-state index is -0.353. The highest BCUT2D eigenvalue weighted by atomic mass is 35.5. The van der Waals surface area contributed by atoms with E-state index in [-0.39, 0.29) is 30.3 Å². The van der Waals surface area contributed by atoms with E-state index in [9.17, 15) is 9.90 Å². The number of hydrogen-bond donors (Lipinski definition) is 3. The van der Waals surface area contributed by atoms with E-state index in [4.69, 9.17) is 0 Å². The number of aliphatic hydroxyl groups excluding tert-OH is 1. The van der Waals surface area contributed by atoms with Crippen molar-refractivity contribution in [3.05, 3.63) is 42.5 Å². The average molecular weight is 353 g/mol. The van der Waals surface area contributed by atoms with Gasteiger partial charge in [0.15, 0.2) is 0 Å². The number of aliphatic hydroxyl groups is 1. The van der Waals surface area contributed by atoms with Crippen molar-refractivity contribution in [2.75, 3.05) is 25.4 Å². The Hall–Kier alpha value is -1.27. The van der Waals surface area contributed by atoms with Crippen molar-refractivity contribution in [3.63, 3.8) is 0 Å². The lowest BCUT2D eigenvalue weighted by atomic mass is 10.1. The number of amides is 1. The van der Waals surface area contributed by atoms with Crippen LogP contribution in [0.5, 0.6) is 0 Å². The molecular formula is C17H21ClN2O2S. The molecule has 6 heteroatoms. The molecule has 2 unspecified atom stereocenters. The molecule has 124 valence electrons. The highest BCUT2D eigenvalue weighted by molar-refractivity contribution is 8.00. The lowest BCUT2D eigenvalue weighted by molar-refractivity contribution is -0.118. The molecule has 0 aliphatic carbocycles. The maximum Gasteiger partial charge on any atom is 0.230 e. The van der Waals surface area contributed by atoms with Crippen LogP contribution in [0, 0.1) is 5.92 Å². The molecule has 0 saturated carbocycles. The molecule has 0 bridgehead atoms. The largest absolute Gasteiger partial charge is 0.391 e. The number of halogens is 1. The second kappa shape index (κ2) is 8.55. The summed E-state index contributed by atoms with van der Waals surface area (Å²) >= 11 is 1.54. The van der Waals surface area contributed by atoms with E-state index in [2.05, 4.69) is 34.9 Å². The van der Waals surface area contributed by atoms with Gasteiger partial charge in [0, 0.05) is 30.4 Å². The summed E-state index contributed by atoms with van der Waals surface area (Å²) < 4.78 is 0. The van der Waals surface area contributed by atoms with Gasteiger partial charge >= 0.3 is 0 Å². The molecule has 0 spiro atoms. The van der Waals surface area contributed by atoms with Crippen LogP contribution >= 0.6 is 24.2 Å². The van der Waals surface area contributed by atoms with Crippen LogP contribution in [0.2, 0.25) is 0 Å². The van der Waals surface area contributed by atoms with Crippen molar-refractivity contribution in [2.45, 2.75) is 11.0 Å². The minimum Gasteiger partial charge on any atom is -0.391 e. The fourth-order valence-electron chi connectivity index (χ4n) is 2.63. The summed E-state index contributed by atoms with van der Waals surface area (Å²) in [5.41, 5.74) is 0. The van der Waals surface area contributed by atoms with Gasteiger partial charge in [0.25, 0.3) is 0 Å². The fraction of sp³-hybridized carbons (Fsp3) is 0.353. The van der Waals surface area contributed by atoms with Crippen molar-refractivity contribution in [1.29, 1.82) is 0 Å². The normalized spacial score (nSPS) is 20.2. The Labute approximate surface area is 146 Å². The molecule has 1 aliphatic heterocycles. The maximum absolute atomic E-state index is 11.9. The Bertz CT molecular complexity index is 668. The number of hydrogen-bond acceptors (Lipinski definition) is 4. The Morgan fingerprint density at radius 3 is 2.74 bits per heavy atom. The first-order valence-corrected chi connectivity index (χ1v) is 8.48. The Morgan fingerprint density at radius 1 is 1.22 bits per heavy atom. The molecule has 1 saturated heterocycles. The van der Waals surface area contributed by atoms with E-state index in [1.807, 2.05) is 18.2 Å². The summed E-state index contributed by atoms with van der Waals surface area (Å²) in [6, 6.07) is 14.4. The molecule has 1 fully saturated rings.